The van der Waals surface area contributed by atoms with Gasteiger partial charge in [0.2, 0.25) is 0 Å². The number of nitrogens with zero attached hydrogens (tertiary/aromatic N) is 3. The number of imidazole rings is 1. The molecule has 2 unspecified atom stereocenters. The molecular formula is C13H20N4O2. The van der Waals surface area contributed by atoms with Gasteiger partial charge in [0.15, 0.2) is 0 Å². The lowest BCUT2D eigenvalue weighted by Crippen LogP contribution is -2.56. The van der Waals surface area contributed by atoms with Gasteiger partial charge in [-0.3, -0.25) is 9.69 Å². The SMILES string of the molecule is NC1(C(=O)O)CCCC(N2CCn3ccnc3C2)C1. The van der Waals surface area contributed by atoms with Crippen molar-refractivity contribution >= 4 is 5.97 Å². The molecule has 0 spiro atoms. The third-order valence-electron chi connectivity index (χ3n) is 4.48. The van der Waals surface area contributed by atoms with Crippen LogP contribution in [0.3, 0.4) is 0 Å². The van der Waals surface area contributed by atoms with Crippen molar-refractivity contribution in [1.29, 1.82) is 0 Å². The van der Waals surface area contributed by atoms with Crippen molar-refractivity contribution in [3.63, 3.8) is 0 Å². The first-order chi connectivity index (χ1) is 9.08. The Bertz CT molecular complexity index is 487. The Morgan fingerprint density at radius 2 is 2.37 bits per heavy atom. The Balaban J connectivity index is 1.72. The summed E-state index contributed by atoms with van der Waals surface area (Å²) in [5.41, 5.74) is 4.98. The molecule has 3 N–H and O–H groups in total. The number of aromatic nitrogens is 2. The van der Waals surface area contributed by atoms with E-state index >= 15 is 0 Å². The maximum Gasteiger partial charge on any atom is 0.323 e. The molecule has 2 aliphatic rings. The highest BCUT2D eigenvalue weighted by atomic mass is 16.4. The number of carboxylic acids is 1. The smallest absolute Gasteiger partial charge is 0.323 e. The standard InChI is InChI=1S/C13H20N4O2/c14-13(12(18)19)3-1-2-10(8-13)17-7-6-16-5-4-15-11(16)9-17/h4-5,10H,1-3,6-9,14H2,(H,18,19). The van der Waals surface area contributed by atoms with Crippen LogP contribution in [-0.4, -0.2) is 43.7 Å². The minimum absolute atomic E-state index is 0.264. The maximum atomic E-state index is 11.3. The van der Waals surface area contributed by atoms with Crippen LogP contribution in [-0.2, 0) is 17.9 Å². The summed E-state index contributed by atoms with van der Waals surface area (Å²) in [6, 6.07) is 0.264. The minimum atomic E-state index is -1.05. The first kappa shape index (κ1) is 12.6. The first-order valence-corrected chi connectivity index (χ1v) is 6.85. The van der Waals surface area contributed by atoms with Crippen LogP contribution in [0.4, 0.5) is 0 Å². The Morgan fingerprint density at radius 1 is 1.53 bits per heavy atom. The topological polar surface area (TPSA) is 84.4 Å². The number of nitrogens with two attached hydrogens (primary N) is 1. The molecule has 6 heteroatoms. The van der Waals surface area contributed by atoms with Crippen LogP contribution in [0.5, 0.6) is 0 Å². The van der Waals surface area contributed by atoms with Crippen molar-refractivity contribution in [3.8, 4) is 0 Å². The van der Waals surface area contributed by atoms with Crippen molar-refractivity contribution < 1.29 is 9.90 Å². The highest BCUT2D eigenvalue weighted by Gasteiger charge is 2.41. The normalized spacial score (nSPS) is 31.9. The van der Waals surface area contributed by atoms with Crippen LogP contribution in [0, 0.1) is 0 Å². The van der Waals surface area contributed by atoms with E-state index < -0.39 is 11.5 Å². The molecule has 104 valence electrons. The first-order valence-electron chi connectivity index (χ1n) is 6.85. The second kappa shape index (κ2) is 4.61. The fourth-order valence-electron chi connectivity index (χ4n) is 3.29. The van der Waals surface area contributed by atoms with Crippen molar-refractivity contribution in [1.82, 2.24) is 14.5 Å². The van der Waals surface area contributed by atoms with Crippen LogP contribution in [0.1, 0.15) is 31.5 Å². The average Bonchev–Trinajstić information content (AvgIpc) is 2.85. The van der Waals surface area contributed by atoms with Gasteiger partial charge < -0.3 is 15.4 Å². The number of hydrogen-bond acceptors (Lipinski definition) is 4. The molecule has 2 atom stereocenters. The minimum Gasteiger partial charge on any atom is -0.480 e. The van der Waals surface area contributed by atoms with E-state index in [9.17, 15) is 9.90 Å². The molecular weight excluding hydrogens is 244 g/mol. The number of aliphatic carboxylic acids is 1. The number of fused-ring (bicyclic) bond motifs is 1. The van der Waals surface area contributed by atoms with E-state index in [2.05, 4.69) is 14.5 Å². The van der Waals surface area contributed by atoms with Gasteiger partial charge in [0.1, 0.15) is 11.4 Å². The van der Waals surface area contributed by atoms with Crippen LogP contribution in [0.15, 0.2) is 12.4 Å². The molecule has 1 aromatic rings. The van der Waals surface area contributed by atoms with Crippen molar-refractivity contribution in [2.75, 3.05) is 6.54 Å². The molecule has 0 amide bonds. The van der Waals surface area contributed by atoms with E-state index in [1.807, 2.05) is 12.4 Å². The number of carbonyl (C=O) groups is 1. The van der Waals surface area contributed by atoms with Gasteiger partial charge in [-0.1, -0.05) is 0 Å². The summed E-state index contributed by atoms with van der Waals surface area (Å²) in [5.74, 6) is 0.200. The van der Waals surface area contributed by atoms with E-state index in [4.69, 9.17) is 5.73 Å². The van der Waals surface area contributed by atoms with Crippen LogP contribution in [0.2, 0.25) is 0 Å². The Kier molecular flexibility index (Phi) is 3.06. The quantitative estimate of drug-likeness (QED) is 0.809. The fourth-order valence-corrected chi connectivity index (χ4v) is 3.29. The fraction of sp³-hybridized carbons (Fsp3) is 0.692. The highest BCUT2D eigenvalue weighted by Crippen LogP contribution is 2.31. The van der Waals surface area contributed by atoms with E-state index in [0.29, 0.717) is 12.8 Å². The Labute approximate surface area is 112 Å². The largest absolute Gasteiger partial charge is 0.480 e. The van der Waals surface area contributed by atoms with Gasteiger partial charge in [-0.05, 0) is 25.7 Å². The summed E-state index contributed by atoms with van der Waals surface area (Å²) in [6.45, 7) is 2.67. The van der Waals surface area contributed by atoms with Gasteiger partial charge in [-0.25, -0.2) is 4.98 Å². The number of rotatable bonds is 2. The molecule has 0 bridgehead atoms. The third kappa shape index (κ3) is 2.26. The second-order valence-corrected chi connectivity index (χ2v) is 5.72. The molecule has 3 rings (SSSR count). The predicted octanol–water partition coefficient (Wildman–Crippen LogP) is 0.423. The maximum absolute atomic E-state index is 11.3. The monoisotopic (exact) mass is 264 g/mol. The van der Waals surface area contributed by atoms with E-state index in [1.165, 1.54) is 0 Å². The molecule has 1 aliphatic carbocycles. The number of hydrogen-bond donors (Lipinski definition) is 2. The van der Waals surface area contributed by atoms with Gasteiger partial charge in [-0.2, -0.15) is 0 Å². The molecule has 1 fully saturated rings. The van der Waals surface area contributed by atoms with Gasteiger partial charge in [0, 0.05) is 31.5 Å². The zero-order chi connectivity index (χ0) is 13.5. The molecule has 1 aliphatic heterocycles. The van der Waals surface area contributed by atoms with E-state index in [1.54, 1.807) is 0 Å². The zero-order valence-electron chi connectivity index (χ0n) is 11.0. The average molecular weight is 264 g/mol. The molecule has 1 aromatic heterocycles. The molecule has 6 nitrogen and oxygen atoms in total. The summed E-state index contributed by atoms with van der Waals surface area (Å²) in [6.07, 6.45) is 6.87. The molecule has 0 radical (unpaired) electrons. The van der Waals surface area contributed by atoms with Gasteiger partial charge in [0.05, 0.1) is 6.54 Å². The van der Waals surface area contributed by atoms with Crippen molar-refractivity contribution in [2.45, 2.75) is 50.4 Å². The second-order valence-electron chi connectivity index (χ2n) is 5.72. The molecule has 2 heterocycles. The summed E-state index contributed by atoms with van der Waals surface area (Å²) >= 11 is 0. The Hall–Kier alpha value is -1.40. The predicted molar refractivity (Wildman–Crippen MR) is 69.4 cm³/mol. The molecule has 0 saturated heterocycles. The lowest BCUT2D eigenvalue weighted by atomic mass is 9.79. The van der Waals surface area contributed by atoms with Crippen molar-refractivity contribution in [2.24, 2.45) is 5.73 Å². The summed E-state index contributed by atoms with van der Waals surface area (Å²) in [5, 5.41) is 9.28. The highest BCUT2D eigenvalue weighted by molar-refractivity contribution is 5.78. The molecule has 19 heavy (non-hydrogen) atoms. The number of carboxylic acid groups (broad SMARTS) is 1. The summed E-state index contributed by atoms with van der Waals surface area (Å²) in [7, 11) is 0. The molecule has 1 saturated carbocycles. The van der Waals surface area contributed by atoms with Crippen molar-refractivity contribution in [3.05, 3.63) is 18.2 Å². The van der Waals surface area contributed by atoms with E-state index in [0.717, 1.165) is 38.3 Å². The van der Waals surface area contributed by atoms with E-state index in [-0.39, 0.29) is 6.04 Å². The van der Waals surface area contributed by atoms with Crippen LogP contribution < -0.4 is 5.73 Å². The Morgan fingerprint density at radius 3 is 3.16 bits per heavy atom. The molecule has 0 aromatic carbocycles. The summed E-state index contributed by atoms with van der Waals surface area (Å²) < 4.78 is 2.16. The third-order valence-corrected chi connectivity index (χ3v) is 4.48. The van der Waals surface area contributed by atoms with Crippen LogP contribution in [0.25, 0.3) is 0 Å². The van der Waals surface area contributed by atoms with Crippen LogP contribution >= 0.6 is 0 Å². The lowest BCUT2D eigenvalue weighted by molar-refractivity contribution is -0.145. The van der Waals surface area contributed by atoms with Gasteiger partial charge in [0.25, 0.3) is 0 Å². The van der Waals surface area contributed by atoms with Gasteiger partial charge >= 0.3 is 5.97 Å². The lowest BCUT2D eigenvalue weighted by Gasteiger charge is -2.42. The summed E-state index contributed by atoms with van der Waals surface area (Å²) in [4.78, 5) is 18.0. The van der Waals surface area contributed by atoms with Gasteiger partial charge in [-0.15, -0.1) is 0 Å². The zero-order valence-corrected chi connectivity index (χ0v) is 11.0.